The molecular formula is C28H42O4. The van der Waals surface area contributed by atoms with Gasteiger partial charge in [0.05, 0.1) is 5.60 Å². The summed E-state index contributed by atoms with van der Waals surface area (Å²) in [5.41, 5.74) is 3.83. The fraction of sp³-hybridized carbons (Fsp3) is 0.536. The number of aliphatic hydroxyl groups is 1. The molecule has 32 heavy (non-hydrogen) atoms. The average Bonchev–Trinajstić information content (AvgIpc) is 2.75. The number of rotatable bonds is 17. The van der Waals surface area contributed by atoms with Crippen molar-refractivity contribution in [2.45, 2.75) is 98.0 Å². The molecule has 178 valence electrons. The zero-order valence-corrected chi connectivity index (χ0v) is 20.7. The normalized spacial score (nSPS) is 15.6. The number of hydrogen-bond acceptors (Lipinski definition) is 4. The van der Waals surface area contributed by atoms with Crippen LogP contribution in [-0.4, -0.2) is 29.1 Å². The van der Waals surface area contributed by atoms with E-state index in [1.807, 2.05) is 19.9 Å². The molecule has 0 bridgehead atoms. The van der Waals surface area contributed by atoms with Crippen molar-refractivity contribution in [1.82, 2.24) is 0 Å². The second-order valence-corrected chi connectivity index (χ2v) is 8.96. The van der Waals surface area contributed by atoms with Gasteiger partial charge < -0.3 is 5.11 Å². The highest BCUT2D eigenvalue weighted by Crippen LogP contribution is 2.21. The van der Waals surface area contributed by atoms with Crippen molar-refractivity contribution in [1.29, 1.82) is 0 Å². The number of Topliss-reactive ketones (excluding diaryl/α,β-unsaturated/α-hetero) is 1. The SMILES string of the molecule is C=CC(C)(O)CCC=C(C)CCC(CC(=O)CCC=C(C)CCC=C(C)C=O)=C(C)C=O. The third-order valence-corrected chi connectivity index (χ3v) is 5.66. The van der Waals surface area contributed by atoms with Crippen molar-refractivity contribution in [2.75, 3.05) is 0 Å². The molecule has 0 amide bonds. The zero-order chi connectivity index (χ0) is 24.6. The summed E-state index contributed by atoms with van der Waals surface area (Å²) in [5.74, 6) is 0.144. The third kappa shape index (κ3) is 14.6. The van der Waals surface area contributed by atoms with Gasteiger partial charge in [0.2, 0.25) is 0 Å². The number of carbonyl (C=O) groups is 3. The molecule has 0 aromatic carbocycles. The molecule has 1 atom stereocenters. The Labute approximate surface area is 194 Å². The molecular weight excluding hydrogens is 400 g/mol. The van der Waals surface area contributed by atoms with Gasteiger partial charge in [0.25, 0.3) is 0 Å². The Morgan fingerprint density at radius 2 is 1.44 bits per heavy atom. The van der Waals surface area contributed by atoms with Crippen LogP contribution < -0.4 is 0 Å². The third-order valence-electron chi connectivity index (χ3n) is 5.66. The molecule has 4 heteroatoms. The van der Waals surface area contributed by atoms with Gasteiger partial charge in [-0.25, -0.2) is 0 Å². The first-order valence-corrected chi connectivity index (χ1v) is 11.5. The summed E-state index contributed by atoms with van der Waals surface area (Å²) in [6.07, 6.45) is 15.4. The fourth-order valence-electron chi connectivity index (χ4n) is 3.15. The van der Waals surface area contributed by atoms with E-state index in [0.717, 1.165) is 49.4 Å². The summed E-state index contributed by atoms with van der Waals surface area (Å²) in [6.45, 7) is 13.0. The van der Waals surface area contributed by atoms with Crippen LogP contribution in [0.3, 0.4) is 0 Å². The van der Waals surface area contributed by atoms with Crippen LogP contribution in [-0.2, 0) is 14.4 Å². The second-order valence-electron chi connectivity index (χ2n) is 8.96. The van der Waals surface area contributed by atoms with E-state index in [1.165, 1.54) is 11.1 Å². The van der Waals surface area contributed by atoms with Crippen molar-refractivity contribution >= 4 is 18.4 Å². The van der Waals surface area contributed by atoms with Crippen LogP contribution in [0.2, 0.25) is 0 Å². The van der Waals surface area contributed by atoms with Gasteiger partial charge in [-0.05, 0) is 90.7 Å². The molecule has 0 aliphatic carbocycles. The van der Waals surface area contributed by atoms with Gasteiger partial charge in [-0.1, -0.05) is 41.0 Å². The van der Waals surface area contributed by atoms with Gasteiger partial charge in [0.1, 0.15) is 18.4 Å². The van der Waals surface area contributed by atoms with Gasteiger partial charge in [-0.3, -0.25) is 14.4 Å². The predicted molar refractivity (Wildman–Crippen MR) is 133 cm³/mol. The van der Waals surface area contributed by atoms with Crippen LogP contribution in [0.4, 0.5) is 0 Å². The summed E-state index contributed by atoms with van der Waals surface area (Å²) in [5, 5.41) is 9.99. The number of ketones is 1. The van der Waals surface area contributed by atoms with Crippen molar-refractivity contribution in [2.24, 2.45) is 0 Å². The predicted octanol–water partition coefficient (Wildman–Crippen LogP) is 6.56. The first-order chi connectivity index (χ1) is 15.0. The summed E-state index contributed by atoms with van der Waals surface area (Å²) in [4.78, 5) is 34.4. The Balaban J connectivity index is 4.65. The topological polar surface area (TPSA) is 71.4 Å². The Morgan fingerprint density at radius 1 is 0.844 bits per heavy atom. The molecule has 0 radical (unpaired) electrons. The Bertz CT molecular complexity index is 760. The summed E-state index contributed by atoms with van der Waals surface area (Å²) >= 11 is 0. The number of allylic oxidation sites excluding steroid dienone is 8. The van der Waals surface area contributed by atoms with Crippen LogP contribution in [0.15, 0.2) is 58.7 Å². The van der Waals surface area contributed by atoms with Crippen molar-refractivity contribution < 1.29 is 19.5 Å². The molecule has 0 fully saturated rings. The van der Waals surface area contributed by atoms with E-state index >= 15 is 0 Å². The highest BCUT2D eigenvalue weighted by Gasteiger charge is 2.13. The second kappa shape index (κ2) is 16.3. The molecule has 1 N–H and O–H groups in total. The van der Waals surface area contributed by atoms with E-state index in [9.17, 15) is 19.5 Å². The van der Waals surface area contributed by atoms with Crippen LogP contribution in [0, 0.1) is 0 Å². The zero-order valence-electron chi connectivity index (χ0n) is 20.7. The maximum Gasteiger partial charge on any atom is 0.145 e. The molecule has 1 unspecified atom stereocenters. The molecule has 0 spiro atoms. The molecule has 0 aromatic rings. The van der Waals surface area contributed by atoms with Gasteiger partial charge in [0.15, 0.2) is 0 Å². The molecule has 0 saturated heterocycles. The lowest BCUT2D eigenvalue weighted by molar-refractivity contribution is -0.118. The lowest BCUT2D eigenvalue weighted by Gasteiger charge is -2.17. The van der Waals surface area contributed by atoms with Gasteiger partial charge in [-0.15, -0.1) is 6.58 Å². The minimum Gasteiger partial charge on any atom is -0.386 e. The number of hydrogen-bond donors (Lipinski definition) is 1. The van der Waals surface area contributed by atoms with E-state index in [1.54, 1.807) is 26.8 Å². The minimum absolute atomic E-state index is 0.144. The Hall–Kier alpha value is -2.33. The quantitative estimate of drug-likeness (QED) is 0.157. The first kappa shape index (κ1) is 29.7. The number of aldehydes is 2. The van der Waals surface area contributed by atoms with Crippen molar-refractivity contribution in [3.63, 3.8) is 0 Å². The van der Waals surface area contributed by atoms with Crippen LogP contribution in [0.25, 0.3) is 0 Å². The molecule has 4 nitrogen and oxygen atoms in total. The molecule has 0 rings (SSSR count). The summed E-state index contributed by atoms with van der Waals surface area (Å²) < 4.78 is 0. The molecule has 0 aliphatic rings. The average molecular weight is 443 g/mol. The van der Waals surface area contributed by atoms with E-state index < -0.39 is 5.60 Å². The Kier molecular flexibility index (Phi) is 15.1. The van der Waals surface area contributed by atoms with E-state index in [0.29, 0.717) is 37.7 Å². The summed E-state index contributed by atoms with van der Waals surface area (Å²) in [6, 6.07) is 0. The fourth-order valence-corrected chi connectivity index (χ4v) is 3.15. The molecule has 0 aromatic heterocycles. The maximum absolute atomic E-state index is 12.5. The van der Waals surface area contributed by atoms with E-state index in [-0.39, 0.29) is 5.78 Å². The Morgan fingerprint density at radius 3 is 2.03 bits per heavy atom. The first-order valence-electron chi connectivity index (χ1n) is 11.5. The molecule has 0 aliphatic heterocycles. The lowest BCUT2D eigenvalue weighted by atomic mass is 9.94. The molecule has 0 saturated carbocycles. The van der Waals surface area contributed by atoms with Gasteiger partial charge in [0, 0.05) is 12.8 Å². The highest BCUT2D eigenvalue weighted by molar-refractivity contribution is 5.83. The van der Waals surface area contributed by atoms with E-state index in [2.05, 4.69) is 18.7 Å². The van der Waals surface area contributed by atoms with Crippen molar-refractivity contribution in [3.05, 3.63) is 58.7 Å². The minimum atomic E-state index is -0.861. The summed E-state index contributed by atoms with van der Waals surface area (Å²) in [7, 11) is 0. The number of carbonyl (C=O) groups excluding carboxylic acids is 3. The monoisotopic (exact) mass is 442 g/mol. The van der Waals surface area contributed by atoms with E-state index in [4.69, 9.17) is 0 Å². The van der Waals surface area contributed by atoms with Crippen molar-refractivity contribution in [3.8, 4) is 0 Å². The highest BCUT2D eigenvalue weighted by atomic mass is 16.3. The largest absolute Gasteiger partial charge is 0.386 e. The standard InChI is InChI=1S/C28H42O4/c1-7-28(6,32)18-10-14-23(3)16-17-26(25(5)21-30)19-27(31)15-9-12-22(2)11-8-13-24(4)20-29/h7,12-14,20-21,32H,1,8-11,15-19H2,2-6H3. The van der Waals surface area contributed by atoms with Gasteiger partial charge >= 0.3 is 0 Å². The van der Waals surface area contributed by atoms with Gasteiger partial charge in [-0.2, -0.15) is 0 Å². The van der Waals surface area contributed by atoms with Crippen LogP contribution in [0.5, 0.6) is 0 Å². The maximum atomic E-state index is 12.5. The van der Waals surface area contributed by atoms with Crippen LogP contribution >= 0.6 is 0 Å². The molecule has 0 heterocycles. The smallest absolute Gasteiger partial charge is 0.145 e. The lowest BCUT2D eigenvalue weighted by Crippen LogP contribution is -2.19. The van der Waals surface area contributed by atoms with Crippen LogP contribution in [0.1, 0.15) is 92.4 Å².